The molecule has 8 heavy (non-hydrogen) atoms. The second-order valence-electron chi connectivity index (χ2n) is 0.978. The second-order valence-corrected chi connectivity index (χ2v) is 0.978. The van der Waals surface area contributed by atoms with Gasteiger partial charge in [0.1, 0.15) is 0 Å². The summed E-state index contributed by atoms with van der Waals surface area (Å²) in [5.41, 5.74) is 0. The Morgan fingerprint density at radius 2 is 2.25 bits per heavy atom. The molecule has 0 bridgehead atoms. The van der Waals surface area contributed by atoms with Gasteiger partial charge < -0.3 is 4.52 Å². The van der Waals surface area contributed by atoms with Gasteiger partial charge in [0.15, 0.2) is 5.82 Å². The highest BCUT2D eigenvalue weighted by atomic mass is 32.1. The molecule has 0 aromatic carbocycles. The smallest absolute Gasteiger partial charge is 0.213 e. The van der Waals surface area contributed by atoms with E-state index < -0.39 is 0 Å². The predicted octanol–water partition coefficient (Wildman–Crippen LogP) is 0.924. The van der Waals surface area contributed by atoms with Gasteiger partial charge in [0.2, 0.25) is 6.39 Å². The molecule has 0 saturated carbocycles. The molecule has 0 amide bonds. The van der Waals surface area contributed by atoms with E-state index in [0.717, 1.165) is 0 Å². The Hall–Kier alpha value is -0.510. The fraction of sp³-hybridized carbons (Fsp3) is 0.500. The minimum Gasteiger partial charge on any atom is -0.343 e. The normalized spacial score (nSPS) is 7.38. The van der Waals surface area contributed by atoms with Crippen molar-refractivity contribution in [2.75, 3.05) is 6.26 Å². The van der Waals surface area contributed by atoms with Gasteiger partial charge in [-0.25, -0.2) is 0 Å². The summed E-state index contributed by atoms with van der Waals surface area (Å²) in [5.74, 6) is 0.676. The first-order valence-corrected chi connectivity index (χ1v) is 2.97. The van der Waals surface area contributed by atoms with Crippen molar-refractivity contribution in [1.29, 1.82) is 0 Å². The Balaban J connectivity index is 0.000000222. The average molecular weight is 132 g/mol. The van der Waals surface area contributed by atoms with Crippen LogP contribution in [0.2, 0.25) is 0 Å². The highest BCUT2D eigenvalue weighted by Gasteiger charge is 1.79. The van der Waals surface area contributed by atoms with Gasteiger partial charge in [-0.2, -0.15) is 17.6 Å². The maximum Gasteiger partial charge on any atom is 0.213 e. The molecule has 1 heterocycles. The summed E-state index contributed by atoms with van der Waals surface area (Å²) >= 11 is 3.53. The molecule has 0 N–H and O–H groups in total. The van der Waals surface area contributed by atoms with E-state index in [-0.39, 0.29) is 0 Å². The molecule has 4 heteroatoms. The van der Waals surface area contributed by atoms with Gasteiger partial charge in [-0.3, -0.25) is 0 Å². The monoisotopic (exact) mass is 132 g/mol. The van der Waals surface area contributed by atoms with Crippen LogP contribution in [-0.2, 0) is 0 Å². The van der Waals surface area contributed by atoms with Crippen molar-refractivity contribution in [3.8, 4) is 0 Å². The molecule has 1 aromatic rings. The van der Waals surface area contributed by atoms with Crippen molar-refractivity contribution in [2.24, 2.45) is 0 Å². The quantitative estimate of drug-likeness (QED) is 0.533. The van der Waals surface area contributed by atoms with Crippen molar-refractivity contribution < 1.29 is 4.52 Å². The van der Waals surface area contributed by atoms with Crippen LogP contribution in [0.5, 0.6) is 0 Å². The zero-order chi connectivity index (χ0) is 6.41. The molecule has 0 aliphatic carbocycles. The molecule has 0 saturated heterocycles. The van der Waals surface area contributed by atoms with Crippen LogP contribution in [0.4, 0.5) is 0 Å². The van der Waals surface area contributed by atoms with Gasteiger partial charge in [0.05, 0.1) is 0 Å². The van der Waals surface area contributed by atoms with Crippen LogP contribution in [0.25, 0.3) is 0 Å². The third kappa shape index (κ3) is 2.63. The van der Waals surface area contributed by atoms with Crippen molar-refractivity contribution in [2.45, 2.75) is 6.92 Å². The molecule has 0 atom stereocenters. The fourth-order valence-corrected chi connectivity index (χ4v) is 0.223. The predicted molar refractivity (Wildman–Crippen MR) is 33.9 cm³/mol. The Kier molecular flexibility index (Phi) is 4.35. The lowest BCUT2D eigenvalue weighted by Crippen LogP contribution is -1.66. The summed E-state index contributed by atoms with van der Waals surface area (Å²) < 4.78 is 4.35. The van der Waals surface area contributed by atoms with E-state index in [2.05, 4.69) is 27.3 Å². The molecule has 1 rings (SSSR count). The van der Waals surface area contributed by atoms with E-state index in [1.165, 1.54) is 6.39 Å². The Labute approximate surface area is 53.5 Å². The van der Waals surface area contributed by atoms with Crippen LogP contribution >= 0.6 is 12.6 Å². The van der Waals surface area contributed by atoms with Crippen LogP contribution in [0, 0.1) is 6.92 Å². The van der Waals surface area contributed by atoms with E-state index in [0.29, 0.717) is 5.82 Å². The Morgan fingerprint density at radius 1 is 1.62 bits per heavy atom. The third-order valence-corrected chi connectivity index (χ3v) is 0.471. The Morgan fingerprint density at radius 3 is 2.38 bits per heavy atom. The summed E-state index contributed by atoms with van der Waals surface area (Å²) in [5, 5.41) is 3.43. The molecular formula is C4H8N2OS. The molecule has 0 radical (unpaired) electrons. The van der Waals surface area contributed by atoms with Gasteiger partial charge in [0, 0.05) is 0 Å². The number of rotatable bonds is 0. The molecule has 0 fully saturated rings. The van der Waals surface area contributed by atoms with Crippen LogP contribution in [0.1, 0.15) is 5.82 Å². The first-order chi connectivity index (χ1) is 3.89. The highest BCUT2D eigenvalue weighted by Crippen LogP contribution is 1.78. The number of nitrogens with zero attached hydrogens (tertiary/aromatic N) is 2. The molecule has 0 unspecified atom stereocenters. The second kappa shape index (κ2) is 4.64. The van der Waals surface area contributed by atoms with E-state index >= 15 is 0 Å². The fourth-order valence-electron chi connectivity index (χ4n) is 0.223. The molecule has 0 aliphatic rings. The molecule has 46 valence electrons. The number of aromatic nitrogens is 2. The van der Waals surface area contributed by atoms with Crippen LogP contribution in [-0.4, -0.2) is 16.4 Å². The van der Waals surface area contributed by atoms with E-state index in [1.807, 2.05) is 0 Å². The maximum atomic E-state index is 4.35. The van der Waals surface area contributed by atoms with Crippen molar-refractivity contribution in [3.63, 3.8) is 0 Å². The Bertz CT molecular complexity index is 118. The zero-order valence-electron chi connectivity index (χ0n) is 4.83. The lowest BCUT2D eigenvalue weighted by Gasteiger charge is -1.60. The minimum absolute atomic E-state index is 0.676. The molecule has 0 aliphatic heterocycles. The molecule has 0 spiro atoms. The summed E-state index contributed by atoms with van der Waals surface area (Å²) in [6, 6.07) is 0. The highest BCUT2D eigenvalue weighted by molar-refractivity contribution is 7.79. The van der Waals surface area contributed by atoms with Crippen molar-refractivity contribution in [3.05, 3.63) is 12.2 Å². The van der Waals surface area contributed by atoms with Gasteiger partial charge >= 0.3 is 0 Å². The van der Waals surface area contributed by atoms with Gasteiger partial charge in [-0.05, 0) is 13.2 Å². The van der Waals surface area contributed by atoms with Crippen molar-refractivity contribution >= 4 is 12.6 Å². The van der Waals surface area contributed by atoms with Gasteiger partial charge in [-0.15, -0.1) is 0 Å². The van der Waals surface area contributed by atoms with Gasteiger partial charge in [0.25, 0.3) is 0 Å². The molecule has 1 aromatic heterocycles. The van der Waals surface area contributed by atoms with E-state index in [9.17, 15) is 0 Å². The standard InChI is InChI=1S/C3H4N2O.CH4S/c1-3-4-2-6-5-3;1-2/h2H,1H3;2H,1H3. The maximum absolute atomic E-state index is 4.35. The van der Waals surface area contributed by atoms with Crippen LogP contribution in [0.3, 0.4) is 0 Å². The molecular weight excluding hydrogens is 124 g/mol. The van der Waals surface area contributed by atoms with Crippen LogP contribution < -0.4 is 0 Å². The first-order valence-electron chi connectivity index (χ1n) is 2.07. The molecule has 3 nitrogen and oxygen atoms in total. The third-order valence-electron chi connectivity index (χ3n) is 0.471. The first kappa shape index (κ1) is 7.49. The van der Waals surface area contributed by atoms with Crippen LogP contribution in [0.15, 0.2) is 10.9 Å². The summed E-state index contributed by atoms with van der Waals surface area (Å²) in [6.45, 7) is 1.77. The number of hydrogen-bond donors (Lipinski definition) is 1. The summed E-state index contributed by atoms with van der Waals surface area (Å²) in [7, 11) is 0. The topological polar surface area (TPSA) is 38.9 Å². The largest absolute Gasteiger partial charge is 0.343 e. The van der Waals surface area contributed by atoms with Crippen molar-refractivity contribution in [1.82, 2.24) is 10.1 Å². The lowest BCUT2D eigenvalue weighted by atomic mass is 10.8. The van der Waals surface area contributed by atoms with E-state index in [4.69, 9.17) is 0 Å². The van der Waals surface area contributed by atoms with Gasteiger partial charge in [-0.1, -0.05) is 5.16 Å². The van der Waals surface area contributed by atoms with E-state index in [1.54, 1.807) is 13.2 Å². The number of thiol groups is 1. The number of aryl methyl sites for hydroxylation is 1. The summed E-state index contributed by atoms with van der Waals surface area (Å²) in [6.07, 6.45) is 3.00. The number of hydrogen-bond acceptors (Lipinski definition) is 4. The average Bonchev–Trinajstić information content (AvgIpc) is 2.24. The summed E-state index contributed by atoms with van der Waals surface area (Å²) in [4.78, 5) is 3.64. The minimum atomic E-state index is 0.676. The SMILES string of the molecule is CS.Cc1ncon1. The lowest BCUT2D eigenvalue weighted by molar-refractivity contribution is 0.412. The zero-order valence-corrected chi connectivity index (χ0v) is 5.72.